The van der Waals surface area contributed by atoms with Gasteiger partial charge >= 0.3 is 5.97 Å². The summed E-state index contributed by atoms with van der Waals surface area (Å²) in [5.74, 6) is -0.710. The van der Waals surface area contributed by atoms with E-state index in [2.05, 4.69) is 0 Å². The molecule has 1 saturated carbocycles. The van der Waals surface area contributed by atoms with Gasteiger partial charge in [0.2, 0.25) is 0 Å². The number of aliphatic hydroxyl groups is 6. The van der Waals surface area contributed by atoms with Crippen LogP contribution in [0.4, 0.5) is 0 Å². The molecule has 0 radical (unpaired) electrons. The minimum atomic E-state index is -1.90. The summed E-state index contributed by atoms with van der Waals surface area (Å²) in [6.45, 7) is 3.48. The molecule has 3 aliphatic heterocycles. The molecule has 13 nitrogen and oxygen atoms in total. The van der Waals surface area contributed by atoms with E-state index in [4.69, 9.17) is 23.7 Å². The lowest BCUT2D eigenvalue weighted by Crippen LogP contribution is -2.62. The molecule has 0 spiro atoms. The Morgan fingerprint density at radius 3 is 2.43 bits per heavy atom. The van der Waals surface area contributed by atoms with E-state index < -0.39 is 79.0 Å². The molecule has 12 atom stereocenters. The van der Waals surface area contributed by atoms with E-state index in [-0.39, 0.29) is 30.7 Å². The molecule has 0 amide bonds. The van der Waals surface area contributed by atoms with Crippen LogP contribution in [0.3, 0.4) is 0 Å². The zero-order valence-corrected chi connectivity index (χ0v) is 21.2. The van der Waals surface area contributed by atoms with Crippen LogP contribution in [0.2, 0.25) is 0 Å². The average molecular weight is 535 g/mol. The van der Waals surface area contributed by atoms with Gasteiger partial charge in [-0.2, -0.15) is 0 Å². The van der Waals surface area contributed by atoms with E-state index in [0.29, 0.717) is 19.3 Å². The first-order chi connectivity index (χ1) is 17.3. The van der Waals surface area contributed by atoms with Crippen molar-refractivity contribution in [2.24, 2.45) is 11.3 Å². The third kappa shape index (κ3) is 4.95. The smallest absolute Gasteiger partial charge is 0.312 e. The number of rotatable bonds is 9. The first-order valence-corrected chi connectivity index (χ1v) is 12.6. The quantitative estimate of drug-likeness (QED) is 0.173. The maximum atomic E-state index is 12.8. The van der Waals surface area contributed by atoms with E-state index in [1.54, 1.807) is 6.92 Å². The Bertz CT molecular complexity index is 870. The Hall–Kier alpha value is -1.26. The van der Waals surface area contributed by atoms with Crippen molar-refractivity contribution in [3.05, 3.63) is 0 Å². The SMILES string of the molecule is CC(=O)CC[C@H]1[C@]2(C)OC(=O)[C@@]1(C)CC[C@@H]2O[C@@H]1O[C@H](CO[C@@H]2OC[C@](O)(CO)[C@H]2O)[C@@H](O)[C@H](O)[C@H]1O. The monoisotopic (exact) mass is 534 g/mol. The Balaban J connectivity index is 1.45. The molecule has 1 aliphatic carbocycles. The van der Waals surface area contributed by atoms with Crippen molar-refractivity contribution in [3.63, 3.8) is 0 Å². The normalized spacial score (nSPS) is 49.8. The third-order valence-corrected chi connectivity index (χ3v) is 8.56. The number of Topliss-reactive ketones (excluding diaryl/α,β-unsaturated/α-hetero) is 1. The highest BCUT2D eigenvalue weighted by Gasteiger charge is 2.66. The Kier molecular flexibility index (Phi) is 8.06. The van der Waals surface area contributed by atoms with Crippen LogP contribution in [0.15, 0.2) is 0 Å². The van der Waals surface area contributed by atoms with Gasteiger partial charge in [-0.15, -0.1) is 0 Å². The lowest BCUT2D eigenvalue weighted by atomic mass is 9.60. The summed E-state index contributed by atoms with van der Waals surface area (Å²) in [6, 6.07) is 0. The van der Waals surface area contributed by atoms with Crippen LogP contribution in [0.5, 0.6) is 0 Å². The van der Waals surface area contributed by atoms with Gasteiger partial charge in [-0.25, -0.2) is 0 Å². The fourth-order valence-electron chi connectivity index (χ4n) is 6.06. The molecule has 3 heterocycles. The van der Waals surface area contributed by atoms with Crippen LogP contribution in [0.25, 0.3) is 0 Å². The summed E-state index contributed by atoms with van der Waals surface area (Å²) in [6.07, 6.45) is -9.64. The summed E-state index contributed by atoms with van der Waals surface area (Å²) >= 11 is 0. The summed E-state index contributed by atoms with van der Waals surface area (Å²) in [7, 11) is 0. The topological polar surface area (TPSA) is 202 Å². The van der Waals surface area contributed by atoms with Crippen molar-refractivity contribution in [2.75, 3.05) is 19.8 Å². The van der Waals surface area contributed by atoms with E-state index in [1.165, 1.54) is 6.92 Å². The number of aliphatic hydroxyl groups excluding tert-OH is 5. The van der Waals surface area contributed by atoms with Crippen LogP contribution < -0.4 is 0 Å². The number of ketones is 1. The summed E-state index contributed by atoms with van der Waals surface area (Å²) in [4.78, 5) is 24.5. The molecule has 4 rings (SSSR count). The lowest BCUT2D eigenvalue weighted by molar-refractivity contribution is -0.332. The van der Waals surface area contributed by atoms with Crippen LogP contribution >= 0.6 is 0 Å². The van der Waals surface area contributed by atoms with Gasteiger partial charge in [0.25, 0.3) is 0 Å². The van der Waals surface area contributed by atoms with Gasteiger partial charge in [-0.1, -0.05) is 0 Å². The molecule has 2 bridgehead atoms. The molecule has 4 aliphatic rings. The lowest BCUT2D eigenvalue weighted by Gasteiger charge is -2.48. The van der Waals surface area contributed by atoms with E-state index in [9.17, 15) is 40.2 Å². The highest BCUT2D eigenvalue weighted by Crippen LogP contribution is 2.57. The van der Waals surface area contributed by atoms with Gasteiger partial charge < -0.3 is 59.1 Å². The van der Waals surface area contributed by atoms with Gasteiger partial charge in [0.05, 0.1) is 25.2 Å². The molecule has 0 aromatic carbocycles. The third-order valence-electron chi connectivity index (χ3n) is 8.56. The van der Waals surface area contributed by atoms with E-state index in [1.807, 2.05) is 6.92 Å². The van der Waals surface area contributed by atoms with Gasteiger partial charge in [-0.3, -0.25) is 4.79 Å². The minimum Gasteiger partial charge on any atom is -0.456 e. The predicted molar refractivity (Wildman–Crippen MR) is 121 cm³/mol. The van der Waals surface area contributed by atoms with E-state index in [0.717, 1.165) is 0 Å². The number of fused-ring (bicyclic) bond motifs is 2. The second kappa shape index (κ2) is 10.4. The Labute approximate surface area is 214 Å². The van der Waals surface area contributed by atoms with E-state index >= 15 is 0 Å². The van der Waals surface area contributed by atoms with Crippen molar-refractivity contribution in [1.82, 2.24) is 0 Å². The molecule has 13 heteroatoms. The molecule has 3 saturated heterocycles. The summed E-state index contributed by atoms with van der Waals surface area (Å²) < 4.78 is 28.2. The number of hydrogen-bond donors (Lipinski definition) is 6. The molecule has 0 aromatic heterocycles. The molecule has 37 heavy (non-hydrogen) atoms. The molecule has 212 valence electrons. The van der Waals surface area contributed by atoms with Gasteiger partial charge in [0.15, 0.2) is 12.6 Å². The highest BCUT2D eigenvalue weighted by atomic mass is 16.7. The zero-order valence-electron chi connectivity index (χ0n) is 21.2. The Morgan fingerprint density at radius 2 is 1.81 bits per heavy atom. The minimum absolute atomic E-state index is 0.0122. The zero-order chi connectivity index (χ0) is 27.3. The van der Waals surface area contributed by atoms with Gasteiger partial charge in [0, 0.05) is 12.3 Å². The fourth-order valence-corrected chi connectivity index (χ4v) is 6.06. The van der Waals surface area contributed by atoms with Crippen LogP contribution in [0.1, 0.15) is 46.5 Å². The van der Waals surface area contributed by atoms with Gasteiger partial charge in [-0.05, 0) is 40.0 Å². The molecule has 4 fully saturated rings. The number of esters is 1. The maximum Gasteiger partial charge on any atom is 0.312 e. The van der Waals surface area contributed by atoms with Crippen LogP contribution in [0, 0.1) is 11.3 Å². The average Bonchev–Trinajstić information content (AvgIpc) is 3.20. The number of ether oxygens (including phenoxy) is 5. The van der Waals surface area contributed by atoms with Crippen molar-refractivity contribution in [3.8, 4) is 0 Å². The Morgan fingerprint density at radius 1 is 1.11 bits per heavy atom. The predicted octanol–water partition coefficient (Wildman–Crippen LogP) is -2.26. The number of carbonyl (C=O) groups is 2. The van der Waals surface area contributed by atoms with Gasteiger partial charge in [0.1, 0.15) is 53.6 Å². The van der Waals surface area contributed by atoms with Crippen molar-refractivity contribution in [1.29, 1.82) is 0 Å². The number of hydrogen-bond acceptors (Lipinski definition) is 13. The first-order valence-electron chi connectivity index (χ1n) is 12.6. The molecule has 0 aromatic rings. The van der Waals surface area contributed by atoms with Crippen molar-refractivity contribution in [2.45, 2.75) is 107 Å². The largest absolute Gasteiger partial charge is 0.456 e. The highest BCUT2D eigenvalue weighted by molar-refractivity contribution is 5.81. The maximum absolute atomic E-state index is 12.8. The summed E-state index contributed by atoms with van der Waals surface area (Å²) in [5.41, 5.74) is -3.78. The number of carbonyl (C=O) groups excluding carboxylic acids is 2. The fraction of sp³-hybridized carbons (Fsp3) is 0.917. The first kappa shape index (κ1) is 28.7. The molecule has 6 N–H and O–H groups in total. The molecule has 0 unspecified atom stereocenters. The molecular weight excluding hydrogens is 496 g/mol. The second-order valence-electron chi connectivity index (χ2n) is 11.2. The standard InChI is InChI=1S/C24H38O13/c1-11(26)4-5-13-22(2)7-6-14(23(13,3)37-21(22)31)36-19-17(29)16(28)15(27)12(35-19)8-33-20-18(30)24(32,9-25)10-34-20/h12-20,25,27-30,32H,4-10H2,1-3H3/t12-,13-,14+,15-,16+,17-,18+,19+,20-,22+,23+,24-/m1/s1. The molecular formula is C24H38O13. The summed E-state index contributed by atoms with van der Waals surface area (Å²) in [5, 5.41) is 61.0. The van der Waals surface area contributed by atoms with Crippen LogP contribution in [-0.2, 0) is 33.3 Å². The van der Waals surface area contributed by atoms with Crippen molar-refractivity contribution >= 4 is 11.8 Å². The van der Waals surface area contributed by atoms with Crippen molar-refractivity contribution < 1.29 is 63.9 Å². The second-order valence-corrected chi connectivity index (χ2v) is 11.2. The van der Waals surface area contributed by atoms with Crippen LogP contribution in [-0.4, -0.2) is 123 Å².